The van der Waals surface area contributed by atoms with Crippen LogP contribution in [0.3, 0.4) is 0 Å². The van der Waals surface area contributed by atoms with Gasteiger partial charge in [0.15, 0.2) is 0 Å². The number of pyridine rings is 1. The van der Waals surface area contributed by atoms with Crippen molar-refractivity contribution >= 4 is 5.91 Å². The molecule has 0 unspecified atom stereocenters. The van der Waals surface area contributed by atoms with E-state index in [-0.39, 0.29) is 5.91 Å². The van der Waals surface area contributed by atoms with Crippen LogP contribution in [0.25, 0.3) is 0 Å². The Morgan fingerprint density at radius 3 is 2.94 bits per heavy atom. The van der Waals surface area contributed by atoms with Crippen LogP contribution in [-0.2, 0) is 0 Å². The second-order valence-corrected chi connectivity index (χ2v) is 3.58. The van der Waals surface area contributed by atoms with Gasteiger partial charge in [-0.3, -0.25) is 9.78 Å². The monoisotopic (exact) mass is 237 g/mol. The largest absolute Gasteiger partial charge is 0.494 e. The quantitative estimate of drug-likeness (QED) is 0.689. The smallest absolute Gasteiger partial charge is 0.255 e. The number of amides is 1. The number of carbonyl (C=O) groups is 1. The Labute approximate surface area is 102 Å². The first kappa shape index (κ1) is 13.4. The molecule has 0 saturated carbocycles. The van der Waals surface area contributed by atoms with Gasteiger partial charge in [0.1, 0.15) is 5.75 Å². The lowest BCUT2D eigenvalue weighted by Crippen LogP contribution is -2.32. The van der Waals surface area contributed by atoms with Crippen molar-refractivity contribution in [3.63, 3.8) is 0 Å². The number of hydrogen-bond acceptors (Lipinski definition) is 4. The second-order valence-electron chi connectivity index (χ2n) is 3.58. The number of nitrogens with zero attached hydrogens (tertiary/aromatic N) is 1. The van der Waals surface area contributed by atoms with E-state index in [1.807, 2.05) is 0 Å². The molecular weight excluding hydrogens is 218 g/mol. The van der Waals surface area contributed by atoms with Crippen LogP contribution in [0.1, 0.15) is 23.7 Å². The summed E-state index contributed by atoms with van der Waals surface area (Å²) in [6.07, 6.45) is 4.20. The minimum Gasteiger partial charge on any atom is -0.494 e. The number of rotatable bonds is 7. The summed E-state index contributed by atoms with van der Waals surface area (Å²) < 4.78 is 5.07. The van der Waals surface area contributed by atoms with Crippen molar-refractivity contribution in [3.8, 4) is 5.75 Å². The molecule has 0 aliphatic carbocycles. The van der Waals surface area contributed by atoms with Crippen LogP contribution < -0.4 is 15.4 Å². The Balaban J connectivity index is 2.41. The predicted molar refractivity (Wildman–Crippen MR) is 66.3 cm³/mol. The first-order chi connectivity index (χ1) is 8.29. The van der Waals surface area contributed by atoms with E-state index in [9.17, 15) is 4.79 Å². The fourth-order valence-electron chi connectivity index (χ4n) is 1.39. The minimum atomic E-state index is -0.137. The van der Waals surface area contributed by atoms with Crippen molar-refractivity contribution in [2.45, 2.75) is 13.3 Å². The van der Waals surface area contributed by atoms with Gasteiger partial charge in [0.2, 0.25) is 0 Å². The van der Waals surface area contributed by atoms with E-state index in [4.69, 9.17) is 4.74 Å². The fourth-order valence-corrected chi connectivity index (χ4v) is 1.39. The van der Waals surface area contributed by atoms with Crippen molar-refractivity contribution in [2.24, 2.45) is 0 Å². The normalized spacial score (nSPS) is 10.0. The molecule has 0 spiro atoms. The molecule has 1 heterocycles. The first-order valence-corrected chi connectivity index (χ1v) is 5.76. The third-order valence-corrected chi connectivity index (χ3v) is 2.26. The van der Waals surface area contributed by atoms with Gasteiger partial charge >= 0.3 is 0 Å². The lowest BCUT2D eigenvalue weighted by molar-refractivity contribution is 0.0951. The summed E-state index contributed by atoms with van der Waals surface area (Å²) in [4.78, 5) is 15.7. The van der Waals surface area contributed by atoms with Gasteiger partial charge in [-0.2, -0.15) is 0 Å². The Bertz CT molecular complexity index is 355. The van der Waals surface area contributed by atoms with Crippen molar-refractivity contribution in [3.05, 3.63) is 24.0 Å². The highest BCUT2D eigenvalue weighted by Gasteiger charge is 2.10. The molecule has 1 aromatic heterocycles. The lowest BCUT2D eigenvalue weighted by atomic mass is 10.2. The number of hydrogen-bond donors (Lipinski definition) is 2. The van der Waals surface area contributed by atoms with Crippen molar-refractivity contribution in [1.82, 2.24) is 15.6 Å². The van der Waals surface area contributed by atoms with Gasteiger partial charge in [-0.1, -0.05) is 6.92 Å². The molecule has 2 N–H and O–H groups in total. The zero-order valence-corrected chi connectivity index (χ0v) is 10.3. The summed E-state index contributed by atoms with van der Waals surface area (Å²) in [6.45, 7) is 4.44. The van der Waals surface area contributed by atoms with Crippen LogP contribution in [0, 0.1) is 0 Å². The van der Waals surface area contributed by atoms with Gasteiger partial charge in [0.25, 0.3) is 5.91 Å². The molecule has 0 atom stereocenters. The molecular formula is C12H19N3O2. The molecule has 5 heteroatoms. The van der Waals surface area contributed by atoms with Crippen LogP contribution in [-0.4, -0.2) is 37.6 Å². The molecule has 0 bridgehead atoms. The molecule has 0 fully saturated rings. The SMILES string of the molecule is CCCNCCNC(=O)c1ccncc1OC. The summed E-state index contributed by atoms with van der Waals surface area (Å²) >= 11 is 0. The third-order valence-electron chi connectivity index (χ3n) is 2.26. The Morgan fingerprint density at radius 1 is 1.41 bits per heavy atom. The first-order valence-electron chi connectivity index (χ1n) is 5.76. The second kappa shape index (κ2) is 7.62. The van der Waals surface area contributed by atoms with Crippen LogP contribution >= 0.6 is 0 Å². The van der Waals surface area contributed by atoms with E-state index in [1.54, 1.807) is 12.3 Å². The van der Waals surface area contributed by atoms with E-state index in [0.717, 1.165) is 19.5 Å². The summed E-state index contributed by atoms with van der Waals surface area (Å²) in [6, 6.07) is 1.65. The number of ether oxygens (including phenoxy) is 1. The summed E-state index contributed by atoms with van der Waals surface area (Å²) in [5.74, 6) is 0.356. The van der Waals surface area contributed by atoms with Gasteiger partial charge in [-0.15, -0.1) is 0 Å². The van der Waals surface area contributed by atoms with E-state index < -0.39 is 0 Å². The van der Waals surface area contributed by atoms with Crippen LogP contribution in [0.2, 0.25) is 0 Å². The maximum absolute atomic E-state index is 11.8. The molecule has 5 nitrogen and oxygen atoms in total. The zero-order valence-electron chi connectivity index (χ0n) is 10.3. The number of carbonyl (C=O) groups excluding carboxylic acids is 1. The van der Waals surface area contributed by atoms with E-state index in [1.165, 1.54) is 13.3 Å². The zero-order chi connectivity index (χ0) is 12.5. The van der Waals surface area contributed by atoms with Gasteiger partial charge < -0.3 is 15.4 Å². The maximum Gasteiger partial charge on any atom is 0.255 e. The number of aromatic nitrogens is 1. The highest BCUT2D eigenvalue weighted by molar-refractivity contribution is 5.96. The van der Waals surface area contributed by atoms with Gasteiger partial charge in [-0.05, 0) is 19.0 Å². The van der Waals surface area contributed by atoms with Crippen LogP contribution in [0.15, 0.2) is 18.5 Å². The molecule has 1 rings (SSSR count). The molecule has 1 aromatic rings. The third kappa shape index (κ3) is 4.40. The average Bonchev–Trinajstić information content (AvgIpc) is 2.38. The number of methoxy groups -OCH3 is 1. The molecule has 94 valence electrons. The van der Waals surface area contributed by atoms with E-state index >= 15 is 0 Å². The Hall–Kier alpha value is -1.62. The molecule has 0 aromatic carbocycles. The summed E-state index contributed by atoms with van der Waals surface area (Å²) in [7, 11) is 1.52. The van der Waals surface area contributed by atoms with Crippen LogP contribution in [0.5, 0.6) is 5.75 Å². The Kier molecular flexibility index (Phi) is 6.03. The summed E-state index contributed by atoms with van der Waals surface area (Å²) in [5.41, 5.74) is 0.512. The summed E-state index contributed by atoms with van der Waals surface area (Å²) in [5, 5.41) is 6.04. The molecule has 0 aliphatic heterocycles. The van der Waals surface area contributed by atoms with Crippen molar-refractivity contribution < 1.29 is 9.53 Å². The van der Waals surface area contributed by atoms with Gasteiger partial charge in [0.05, 0.1) is 18.9 Å². The average molecular weight is 237 g/mol. The van der Waals surface area contributed by atoms with Gasteiger partial charge in [-0.25, -0.2) is 0 Å². The fraction of sp³-hybridized carbons (Fsp3) is 0.500. The molecule has 0 aliphatic rings. The van der Waals surface area contributed by atoms with Gasteiger partial charge in [0, 0.05) is 19.3 Å². The topological polar surface area (TPSA) is 63.2 Å². The molecule has 0 saturated heterocycles. The van der Waals surface area contributed by atoms with Crippen LogP contribution in [0.4, 0.5) is 0 Å². The minimum absolute atomic E-state index is 0.137. The standard InChI is InChI=1S/C12H19N3O2/c1-3-5-13-7-8-15-12(16)10-4-6-14-9-11(10)17-2/h4,6,9,13H,3,5,7-8H2,1-2H3,(H,15,16). The number of nitrogens with one attached hydrogen (secondary N) is 2. The molecule has 0 radical (unpaired) electrons. The maximum atomic E-state index is 11.8. The van der Waals surface area contributed by atoms with E-state index in [0.29, 0.717) is 17.9 Å². The Morgan fingerprint density at radius 2 is 2.24 bits per heavy atom. The molecule has 1 amide bonds. The highest BCUT2D eigenvalue weighted by Crippen LogP contribution is 2.14. The highest BCUT2D eigenvalue weighted by atomic mass is 16.5. The van der Waals surface area contributed by atoms with Crippen molar-refractivity contribution in [2.75, 3.05) is 26.7 Å². The van der Waals surface area contributed by atoms with Crippen molar-refractivity contribution in [1.29, 1.82) is 0 Å². The lowest BCUT2D eigenvalue weighted by Gasteiger charge is -2.08. The molecule has 17 heavy (non-hydrogen) atoms. The predicted octanol–water partition coefficient (Wildman–Crippen LogP) is 0.820. The van der Waals surface area contributed by atoms with E-state index in [2.05, 4.69) is 22.5 Å².